The average Bonchev–Trinajstić information content (AvgIpc) is 2.65. The molecule has 5 nitrogen and oxygen atoms in total. The zero-order chi connectivity index (χ0) is 9.97. The van der Waals surface area contributed by atoms with E-state index in [-0.39, 0.29) is 6.04 Å². The molecule has 2 heterocycles. The van der Waals surface area contributed by atoms with Crippen LogP contribution >= 0.6 is 0 Å². The Bertz CT molecular complexity index is 408. The number of hydrogen-bond acceptors (Lipinski definition) is 4. The van der Waals surface area contributed by atoms with Crippen molar-refractivity contribution >= 4 is 0 Å². The van der Waals surface area contributed by atoms with Crippen LogP contribution in [-0.4, -0.2) is 20.0 Å². The third-order valence-corrected chi connectivity index (χ3v) is 2.02. The van der Waals surface area contributed by atoms with Gasteiger partial charge >= 0.3 is 0 Å². The zero-order valence-corrected chi connectivity index (χ0v) is 7.83. The van der Waals surface area contributed by atoms with Crippen LogP contribution in [0.3, 0.4) is 0 Å². The summed E-state index contributed by atoms with van der Waals surface area (Å²) in [6.07, 6.45) is 5.14. The van der Waals surface area contributed by atoms with Crippen LogP contribution in [0.25, 0.3) is 0 Å². The average molecular weight is 189 g/mol. The van der Waals surface area contributed by atoms with Gasteiger partial charge in [-0.3, -0.25) is 4.68 Å². The van der Waals surface area contributed by atoms with E-state index in [2.05, 4.69) is 15.3 Å². The second-order valence-electron chi connectivity index (χ2n) is 3.07. The van der Waals surface area contributed by atoms with Crippen molar-refractivity contribution in [1.29, 1.82) is 0 Å². The van der Waals surface area contributed by atoms with Gasteiger partial charge in [0.05, 0.1) is 17.9 Å². The van der Waals surface area contributed by atoms with Gasteiger partial charge in [0.2, 0.25) is 0 Å². The van der Waals surface area contributed by atoms with Crippen molar-refractivity contribution in [2.75, 3.05) is 0 Å². The molecule has 2 N–H and O–H groups in total. The molecule has 0 spiro atoms. The molecular weight excluding hydrogens is 178 g/mol. The van der Waals surface area contributed by atoms with Crippen molar-refractivity contribution in [1.82, 2.24) is 20.0 Å². The van der Waals surface area contributed by atoms with Crippen LogP contribution < -0.4 is 5.73 Å². The number of aryl methyl sites for hydroxylation is 1. The fourth-order valence-corrected chi connectivity index (χ4v) is 1.25. The molecule has 1 atom stereocenters. The van der Waals surface area contributed by atoms with Crippen molar-refractivity contribution in [3.63, 3.8) is 0 Å². The third kappa shape index (κ3) is 1.62. The van der Waals surface area contributed by atoms with Crippen molar-refractivity contribution in [2.24, 2.45) is 12.8 Å². The smallest absolute Gasteiger partial charge is 0.0837 e. The Morgan fingerprint density at radius 1 is 1.36 bits per heavy atom. The van der Waals surface area contributed by atoms with Crippen LogP contribution in [0.5, 0.6) is 0 Å². The van der Waals surface area contributed by atoms with Crippen LogP contribution in [0.2, 0.25) is 0 Å². The van der Waals surface area contributed by atoms with E-state index in [0.717, 1.165) is 11.3 Å². The number of hydrogen-bond donors (Lipinski definition) is 1. The highest BCUT2D eigenvalue weighted by molar-refractivity contribution is 5.22. The maximum absolute atomic E-state index is 5.99. The lowest BCUT2D eigenvalue weighted by Gasteiger charge is -2.07. The lowest BCUT2D eigenvalue weighted by atomic mass is 10.1. The van der Waals surface area contributed by atoms with E-state index in [0.29, 0.717) is 0 Å². The van der Waals surface area contributed by atoms with Crippen LogP contribution in [0.4, 0.5) is 0 Å². The summed E-state index contributed by atoms with van der Waals surface area (Å²) in [6, 6.07) is 3.50. The molecule has 0 bridgehead atoms. The van der Waals surface area contributed by atoms with Gasteiger partial charge in [-0.05, 0) is 17.7 Å². The number of nitrogens with zero attached hydrogens (tertiary/aromatic N) is 4. The van der Waals surface area contributed by atoms with Gasteiger partial charge in [-0.2, -0.15) is 15.3 Å². The normalized spacial score (nSPS) is 12.7. The molecular formula is C9H11N5. The van der Waals surface area contributed by atoms with Gasteiger partial charge in [-0.1, -0.05) is 0 Å². The van der Waals surface area contributed by atoms with Crippen LogP contribution in [0.1, 0.15) is 17.3 Å². The first-order valence-electron chi connectivity index (χ1n) is 4.29. The molecule has 2 aromatic heterocycles. The third-order valence-electron chi connectivity index (χ3n) is 2.02. The van der Waals surface area contributed by atoms with Crippen LogP contribution in [0.15, 0.2) is 30.7 Å². The molecule has 0 aliphatic carbocycles. The molecule has 2 rings (SSSR count). The Hall–Kier alpha value is -1.75. The summed E-state index contributed by atoms with van der Waals surface area (Å²) in [5, 5.41) is 11.7. The highest BCUT2D eigenvalue weighted by Crippen LogP contribution is 2.15. The second-order valence-corrected chi connectivity index (χ2v) is 3.07. The molecule has 72 valence electrons. The highest BCUT2D eigenvalue weighted by atomic mass is 15.3. The summed E-state index contributed by atoms with van der Waals surface area (Å²) in [5.41, 5.74) is 7.74. The van der Waals surface area contributed by atoms with Crippen molar-refractivity contribution in [3.8, 4) is 0 Å². The largest absolute Gasteiger partial charge is 0.319 e. The Labute approximate surface area is 81.6 Å². The van der Waals surface area contributed by atoms with Crippen molar-refractivity contribution < 1.29 is 0 Å². The van der Waals surface area contributed by atoms with Crippen molar-refractivity contribution in [3.05, 3.63) is 42.0 Å². The van der Waals surface area contributed by atoms with Gasteiger partial charge in [0.15, 0.2) is 0 Å². The molecule has 0 amide bonds. The molecule has 2 aromatic rings. The quantitative estimate of drug-likeness (QED) is 0.735. The number of aromatic nitrogens is 4. The minimum Gasteiger partial charge on any atom is -0.319 e. The summed E-state index contributed by atoms with van der Waals surface area (Å²) in [4.78, 5) is 0. The van der Waals surface area contributed by atoms with Gasteiger partial charge in [0, 0.05) is 19.4 Å². The van der Waals surface area contributed by atoms with Gasteiger partial charge in [0.1, 0.15) is 0 Å². The lowest BCUT2D eigenvalue weighted by molar-refractivity contribution is 0.713. The van der Waals surface area contributed by atoms with E-state index >= 15 is 0 Å². The maximum atomic E-state index is 5.99. The molecule has 0 saturated heterocycles. The summed E-state index contributed by atoms with van der Waals surface area (Å²) < 4.78 is 1.73. The zero-order valence-electron chi connectivity index (χ0n) is 7.83. The second kappa shape index (κ2) is 3.55. The first kappa shape index (κ1) is 8.83. The molecule has 0 aromatic carbocycles. The summed E-state index contributed by atoms with van der Waals surface area (Å²) in [6.45, 7) is 0. The van der Waals surface area contributed by atoms with E-state index in [9.17, 15) is 0 Å². The molecule has 0 saturated carbocycles. The maximum Gasteiger partial charge on any atom is 0.0837 e. The topological polar surface area (TPSA) is 69.6 Å². The number of nitrogens with two attached hydrogens (primary N) is 1. The lowest BCUT2D eigenvalue weighted by Crippen LogP contribution is -2.13. The molecule has 14 heavy (non-hydrogen) atoms. The standard InChI is InChI=1S/C9H11N5/c1-14-5-3-8(13-14)9(10)7-2-4-11-12-6-7/h2-6,9H,10H2,1H3. The minimum absolute atomic E-state index is 0.230. The monoisotopic (exact) mass is 189 g/mol. The Morgan fingerprint density at radius 3 is 2.79 bits per heavy atom. The first-order valence-corrected chi connectivity index (χ1v) is 4.29. The Balaban J connectivity index is 2.29. The van der Waals surface area contributed by atoms with E-state index in [1.165, 1.54) is 0 Å². The Kier molecular flexibility index (Phi) is 2.24. The van der Waals surface area contributed by atoms with Crippen LogP contribution in [0, 0.1) is 0 Å². The molecule has 0 fully saturated rings. The van der Waals surface area contributed by atoms with Gasteiger partial charge in [-0.15, -0.1) is 0 Å². The molecule has 0 aliphatic heterocycles. The summed E-state index contributed by atoms with van der Waals surface area (Å²) in [7, 11) is 1.86. The molecule has 0 radical (unpaired) electrons. The molecule has 5 heteroatoms. The van der Waals surface area contributed by atoms with Crippen molar-refractivity contribution in [2.45, 2.75) is 6.04 Å². The summed E-state index contributed by atoms with van der Waals surface area (Å²) in [5.74, 6) is 0. The van der Waals surface area contributed by atoms with E-state index in [1.807, 2.05) is 25.4 Å². The predicted octanol–water partition coefficient (Wildman–Crippen LogP) is 0.258. The minimum atomic E-state index is -0.230. The first-order chi connectivity index (χ1) is 6.77. The molecule has 1 unspecified atom stereocenters. The predicted molar refractivity (Wildman–Crippen MR) is 51.3 cm³/mol. The summed E-state index contributed by atoms with van der Waals surface area (Å²) >= 11 is 0. The van der Waals surface area contributed by atoms with E-state index in [4.69, 9.17) is 5.73 Å². The van der Waals surface area contributed by atoms with E-state index < -0.39 is 0 Å². The SMILES string of the molecule is Cn1ccc(C(N)c2ccnnc2)n1. The van der Waals surface area contributed by atoms with Crippen LogP contribution in [-0.2, 0) is 7.05 Å². The fourth-order valence-electron chi connectivity index (χ4n) is 1.25. The Morgan fingerprint density at radius 2 is 2.21 bits per heavy atom. The van der Waals surface area contributed by atoms with E-state index in [1.54, 1.807) is 17.1 Å². The highest BCUT2D eigenvalue weighted by Gasteiger charge is 2.11. The van der Waals surface area contributed by atoms with Gasteiger partial charge in [0.25, 0.3) is 0 Å². The molecule has 0 aliphatic rings. The van der Waals surface area contributed by atoms with Gasteiger partial charge < -0.3 is 5.73 Å². The fraction of sp³-hybridized carbons (Fsp3) is 0.222. The number of rotatable bonds is 2. The van der Waals surface area contributed by atoms with Gasteiger partial charge in [-0.25, -0.2) is 0 Å².